The summed E-state index contributed by atoms with van der Waals surface area (Å²) >= 11 is 5.62. The van der Waals surface area contributed by atoms with Crippen molar-refractivity contribution in [2.75, 3.05) is 6.61 Å². The van der Waals surface area contributed by atoms with E-state index in [1.807, 2.05) is 0 Å². The number of rotatable bonds is 1. The minimum Gasteiger partial charge on any atom is -0.463 e. The van der Waals surface area contributed by atoms with Crippen LogP contribution in [0, 0.1) is 5.82 Å². The molecule has 0 fully saturated rings. The zero-order valence-corrected chi connectivity index (χ0v) is 7.96. The molecule has 2 rings (SSSR count). The third-order valence-electron chi connectivity index (χ3n) is 1.99. The van der Waals surface area contributed by atoms with E-state index in [9.17, 15) is 4.39 Å². The van der Waals surface area contributed by atoms with Gasteiger partial charge in [-0.25, -0.2) is 9.38 Å². The largest absolute Gasteiger partial charge is 0.463 e. The second-order valence-electron chi connectivity index (χ2n) is 2.96. The maximum atomic E-state index is 13.4. The summed E-state index contributed by atoms with van der Waals surface area (Å²) in [5, 5.41) is 0.363. The predicted molar refractivity (Wildman–Crippen MR) is 51.7 cm³/mol. The van der Waals surface area contributed by atoms with E-state index in [4.69, 9.17) is 22.1 Å². The molecule has 0 spiro atoms. The molecule has 1 aliphatic heterocycles. The molecule has 1 aromatic rings. The van der Waals surface area contributed by atoms with Gasteiger partial charge in [-0.15, -0.1) is 0 Å². The van der Waals surface area contributed by atoms with Crippen LogP contribution in [0.5, 0.6) is 0 Å². The van der Waals surface area contributed by atoms with E-state index in [0.29, 0.717) is 10.6 Å². The van der Waals surface area contributed by atoms with E-state index >= 15 is 0 Å². The number of hydrogen-bond donors (Lipinski definition) is 1. The molecule has 0 bridgehead atoms. The van der Waals surface area contributed by atoms with Crippen molar-refractivity contribution in [2.45, 2.75) is 6.04 Å². The van der Waals surface area contributed by atoms with Gasteiger partial charge in [-0.3, -0.25) is 0 Å². The van der Waals surface area contributed by atoms with Gasteiger partial charge in [-0.2, -0.15) is 0 Å². The van der Waals surface area contributed by atoms with Gasteiger partial charge in [-0.05, 0) is 12.1 Å². The number of aliphatic imine (C=N–C) groups is 1. The normalized spacial score (nSPS) is 20.4. The van der Waals surface area contributed by atoms with Gasteiger partial charge in [0.05, 0.1) is 0 Å². The fourth-order valence-electron chi connectivity index (χ4n) is 1.32. The first-order valence-electron chi connectivity index (χ1n) is 4.08. The van der Waals surface area contributed by atoms with E-state index in [0.717, 1.165) is 0 Å². The molecule has 1 heterocycles. The van der Waals surface area contributed by atoms with Crippen molar-refractivity contribution < 1.29 is 9.13 Å². The summed E-state index contributed by atoms with van der Waals surface area (Å²) < 4.78 is 18.3. The van der Waals surface area contributed by atoms with Gasteiger partial charge in [-0.1, -0.05) is 17.7 Å². The molecule has 1 atom stereocenters. The molecule has 74 valence electrons. The number of nitrogens with zero attached hydrogens (tertiary/aromatic N) is 1. The number of halogens is 2. The standard InChI is InChI=1S/C9H8ClFN2O/c10-5-1-2-6(7(11)3-5)8-4-14-9(12)13-8/h1-3,8H,4H2,(H2,12,13). The van der Waals surface area contributed by atoms with Crippen LogP contribution in [0.15, 0.2) is 23.2 Å². The smallest absolute Gasteiger partial charge is 0.282 e. The van der Waals surface area contributed by atoms with Gasteiger partial charge < -0.3 is 10.5 Å². The van der Waals surface area contributed by atoms with Crippen LogP contribution in [0.4, 0.5) is 4.39 Å². The molecule has 0 amide bonds. The average Bonchev–Trinajstić information content (AvgIpc) is 2.51. The maximum absolute atomic E-state index is 13.4. The summed E-state index contributed by atoms with van der Waals surface area (Å²) in [6.45, 7) is 0.282. The van der Waals surface area contributed by atoms with Crippen LogP contribution in [0.25, 0.3) is 0 Å². The van der Waals surface area contributed by atoms with E-state index in [1.165, 1.54) is 6.07 Å². The lowest BCUT2D eigenvalue weighted by Crippen LogP contribution is -2.10. The highest BCUT2D eigenvalue weighted by atomic mass is 35.5. The third-order valence-corrected chi connectivity index (χ3v) is 2.23. The molecule has 3 nitrogen and oxygen atoms in total. The van der Waals surface area contributed by atoms with Gasteiger partial charge in [0, 0.05) is 10.6 Å². The van der Waals surface area contributed by atoms with Gasteiger partial charge in [0.25, 0.3) is 6.02 Å². The Hall–Kier alpha value is -1.29. The predicted octanol–water partition coefficient (Wildman–Crippen LogP) is 1.87. The van der Waals surface area contributed by atoms with Gasteiger partial charge in [0.1, 0.15) is 18.5 Å². The average molecular weight is 215 g/mol. The molecule has 0 radical (unpaired) electrons. The van der Waals surface area contributed by atoms with Crippen molar-refractivity contribution in [3.63, 3.8) is 0 Å². The number of amidine groups is 1. The summed E-state index contributed by atoms with van der Waals surface area (Å²) in [6, 6.07) is 4.20. The number of benzene rings is 1. The lowest BCUT2D eigenvalue weighted by atomic mass is 10.1. The Kier molecular flexibility index (Phi) is 2.29. The van der Waals surface area contributed by atoms with Crippen LogP contribution in [-0.4, -0.2) is 12.6 Å². The Bertz CT molecular complexity index is 394. The number of hydrogen-bond acceptors (Lipinski definition) is 3. The third kappa shape index (κ3) is 1.65. The summed E-state index contributed by atoms with van der Waals surface area (Å²) in [7, 11) is 0. The highest BCUT2D eigenvalue weighted by Gasteiger charge is 2.21. The van der Waals surface area contributed by atoms with Crippen molar-refractivity contribution in [3.05, 3.63) is 34.6 Å². The van der Waals surface area contributed by atoms with E-state index in [1.54, 1.807) is 12.1 Å². The number of ether oxygens (including phenoxy) is 1. The number of nitrogens with two attached hydrogens (primary N) is 1. The van der Waals surface area contributed by atoms with Gasteiger partial charge >= 0.3 is 0 Å². The minimum atomic E-state index is -0.385. The van der Waals surface area contributed by atoms with Crippen molar-refractivity contribution in [3.8, 4) is 0 Å². The topological polar surface area (TPSA) is 47.6 Å². The van der Waals surface area contributed by atoms with Crippen LogP contribution in [0.1, 0.15) is 11.6 Å². The highest BCUT2D eigenvalue weighted by molar-refractivity contribution is 6.30. The fourth-order valence-corrected chi connectivity index (χ4v) is 1.48. The molecule has 1 aromatic carbocycles. The SMILES string of the molecule is NC1=NC(c2ccc(Cl)cc2F)CO1. The molecule has 0 saturated heterocycles. The molecule has 0 aliphatic carbocycles. The molecular weight excluding hydrogens is 207 g/mol. The van der Waals surface area contributed by atoms with Gasteiger partial charge in [0.15, 0.2) is 0 Å². The highest BCUT2D eigenvalue weighted by Crippen LogP contribution is 2.26. The Morgan fingerprint density at radius 3 is 2.93 bits per heavy atom. The molecular formula is C9H8ClFN2O. The molecule has 1 aliphatic rings. The first-order chi connectivity index (χ1) is 6.66. The first kappa shape index (κ1) is 9.27. The van der Waals surface area contributed by atoms with E-state index in [2.05, 4.69) is 4.99 Å². The van der Waals surface area contributed by atoms with E-state index < -0.39 is 0 Å². The summed E-state index contributed by atoms with van der Waals surface area (Å²) in [6.07, 6.45) is 0. The zero-order chi connectivity index (χ0) is 10.1. The minimum absolute atomic E-state index is 0.101. The summed E-state index contributed by atoms with van der Waals surface area (Å²) in [5.41, 5.74) is 5.78. The molecule has 2 N–H and O–H groups in total. The Labute approximate surface area is 85.3 Å². The lowest BCUT2D eigenvalue weighted by Gasteiger charge is -2.06. The zero-order valence-electron chi connectivity index (χ0n) is 7.21. The fraction of sp³-hybridized carbons (Fsp3) is 0.222. The first-order valence-corrected chi connectivity index (χ1v) is 4.45. The summed E-state index contributed by atoms with van der Waals surface area (Å²) in [4.78, 5) is 3.94. The Morgan fingerprint density at radius 1 is 1.57 bits per heavy atom. The second kappa shape index (κ2) is 3.46. The van der Waals surface area contributed by atoms with Crippen molar-refractivity contribution in [1.29, 1.82) is 0 Å². The molecule has 0 aromatic heterocycles. The van der Waals surface area contributed by atoms with Crippen LogP contribution < -0.4 is 5.73 Å². The van der Waals surface area contributed by atoms with Crippen molar-refractivity contribution in [1.82, 2.24) is 0 Å². The summed E-state index contributed by atoms with van der Waals surface area (Å²) in [5.74, 6) is -0.385. The molecule has 5 heteroatoms. The van der Waals surface area contributed by atoms with Crippen LogP contribution >= 0.6 is 11.6 Å². The van der Waals surface area contributed by atoms with Crippen LogP contribution in [0.2, 0.25) is 5.02 Å². The quantitative estimate of drug-likeness (QED) is 0.776. The second-order valence-corrected chi connectivity index (χ2v) is 3.40. The molecule has 1 unspecified atom stereocenters. The monoisotopic (exact) mass is 214 g/mol. The molecule has 0 saturated carbocycles. The van der Waals surface area contributed by atoms with Crippen molar-refractivity contribution >= 4 is 17.6 Å². The van der Waals surface area contributed by atoms with Crippen LogP contribution in [-0.2, 0) is 4.74 Å². The van der Waals surface area contributed by atoms with E-state index in [-0.39, 0.29) is 24.5 Å². The van der Waals surface area contributed by atoms with Gasteiger partial charge in [0.2, 0.25) is 0 Å². The Morgan fingerprint density at radius 2 is 2.36 bits per heavy atom. The maximum Gasteiger partial charge on any atom is 0.282 e. The van der Waals surface area contributed by atoms with Crippen LogP contribution in [0.3, 0.4) is 0 Å². The van der Waals surface area contributed by atoms with Crippen molar-refractivity contribution in [2.24, 2.45) is 10.7 Å². The molecule has 14 heavy (non-hydrogen) atoms. The Balaban J connectivity index is 2.33. The lowest BCUT2D eigenvalue weighted by molar-refractivity contribution is 0.312.